The zero-order chi connectivity index (χ0) is 27.4. The van der Waals surface area contributed by atoms with E-state index < -0.39 is 28.1 Å². The molecule has 2 aromatic carbocycles. The van der Waals surface area contributed by atoms with Crippen molar-refractivity contribution in [2.75, 3.05) is 6.61 Å². The smallest absolute Gasteiger partial charge is 0.417 e. The van der Waals surface area contributed by atoms with Gasteiger partial charge in [0.15, 0.2) is 8.32 Å². The van der Waals surface area contributed by atoms with Gasteiger partial charge in [-0.15, -0.1) is 0 Å². The molecule has 0 aromatic heterocycles. The number of nitrogens with zero attached hydrogens (tertiary/aromatic N) is 1. The Labute approximate surface area is 224 Å². The molecule has 6 nitrogen and oxygen atoms in total. The quantitative estimate of drug-likeness (QED) is 0.282. The van der Waals surface area contributed by atoms with Crippen LogP contribution in [0.25, 0.3) is 0 Å². The average Bonchev–Trinajstić information content (AvgIpc) is 3.16. The van der Waals surface area contributed by atoms with Gasteiger partial charge in [-0.25, -0.2) is 9.69 Å². The van der Waals surface area contributed by atoms with Crippen LogP contribution in [0.4, 0.5) is 4.79 Å². The molecule has 2 unspecified atom stereocenters. The van der Waals surface area contributed by atoms with Crippen molar-refractivity contribution in [2.24, 2.45) is 5.41 Å². The number of hydrogen-bond acceptors (Lipinski definition) is 5. The summed E-state index contributed by atoms with van der Waals surface area (Å²) >= 11 is 0. The van der Waals surface area contributed by atoms with Crippen LogP contribution < -0.4 is 4.43 Å². The van der Waals surface area contributed by atoms with Crippen molar-refractivity contribution in [3.63, 3.8) is 0 Å². The highest BCUT2D eigenvalue weighted by Crippen LogP contribution is 2.40. The highest BCUT2D eigenvalue weighted by molar-refractivity contribution is 6.70. The van der Waals surface area contributed by atoms with Crippen molar-refractivity contribution in [1.29, 1.82) is 0 Å². The van der Waals surface area contributed by atoms with Crippen molar-refractivity contribution in [3.05, 3.63) is 65.7 Å². The first-order valence-electron chi connectivity index (χ1n) is 13.2. The molecule has 202 valence electrons. The predicted octanol–water partition coefficient (Wildman–Crippen LogP) is 7.19. The number of benzene rings is 2. The van der Waals surface area contributed by atoms with Gasteiger partial charge in [0.1, 0.15) is 12.4 Å². The Morgan fingerprint density at radius 2 is 1.65 bits per heavy atom. The summed E-state index contributed by atoms with van der Waals surface area (Å²) in [5.74, 6) is 0.661. The molecular formula is C29H43NO5Si2. The maximum absolute atomic E-state index is 14.0. The van der Waals surface area contributed by atoms with Crippen LogP contribution in [0.3, 0.4) is 0 Å². The molecule has 3 atom stereocenters. The third-order valence-corrected chi connectivity index (χ3v) is 8.44. The van der Waals surface area contributed by atoms with E-state index in [9.17, 15) is 9.59 Å². The van der Waals surface area contributed by atoms with E-state index in [-0.39, 0.29) is 24.7 Å². The van der Waals surface area contributed by atoms with Crippen LogP contribution in [0, 0.1) is 5.41 Å². The Bertz CT molecular complexity index is 1060. The fourth-order valence-electron chi connectivity index (χ4n) is 4.59. The molecule has 0 N–H and O–H groups in total. The van der Waals surface area contributed by atoms with E-state index in [1.54, 1.807) is 0 Å². The lowest BCUT2D eigenvalue weighted by atomic mass is 9.78. The lowest BCUT2D eigenvalue weighted by molar-refractivity contribution is -0.141. The molecular weight excluding hydrogens is 498 g/mol. The Balaban J connectivity index is 1.86. The first kappa shape index (κ1) is 29.1. The van der Waals surface area contributed by atoms with E-state index in [0.29, 0.717) is 19.3 Å². The van der Waals surface area contributed by atoms with Crippen LogP contribution in [0.5, 0.6) is 5.75 Å². The summed E-state index contributed by atoms with van der Waals surface area (Å²) in [5.41, 5.74) is 1.29. The second-order valence-electron chi connectivity index (χ2n) is 12.2. The molecule has 0 radical (unpaired) electrons. The predicted molar refractivity (Wildman–Crippen MR) is 153 cm³/mol. The molecule has 1 heterocycles. The number of carbonyl (C=O) groups excluding carboxylic acids is 2. The molecule has 1 saturated heterocycles. The van der Waals surface area contributed by atoms with Crippen molar-refractivity contribution >= 4 is 28.6 Å². The Hall–Kier alpha value is -2.43. The zero-order valence-electron chi connectivity index (χ0n) is 23.7. The van der Waals surface area contributed by atoms with E-state index >= 15 is 0 Å². The molecule has 3 rings (SSSR count). The maximum Gasteiger partial charge on any atom is 0.417 e. The van der Waals surface area contributed by atoms with E-state index in [1.807, 2.05) is 68.4 Å². The van der Waals surface area contributed by atoms with E-state index in [2.05, 4.69) is 39.3 Å². The third-order valence-electron chi connectivity index (χ3n) is 6.60. The Morgan fingerprint density at radius 3 is 2.19 bits per heavy atom. The summed E-state index contributed by atoms with van der Waals surface area (Å²) < 4.78 is 18.1. The van der Waals surface area contributed by atoms with Crippen LogP contribution in [0.15, 0.2) is 54.6 Å². The SMILES string of the molecule is CCC(C)(CC(O[Si](C)(C)C)c1ccc(O[Si](C)(C)C)cc1)C(=O)N1C(=O)OC[C@@H]1Cc1ccccc1. The standard InChI is InChI=1S/C29H43NO5Si2/c1-9-29(2,27(31)30-24(21-33-28(30)32)19-22-13-11-10-12-14-22)20-26(35-37(6,7)8)23-15-17-25(18-16-23)34-36(3,4)5/h10-18,24,26H,9,19-21H2,1-8H3/t24-,26?,29?/m0/s1. The zero-order valence-corrected chi connectivity index (χ0v) is 25.7. The minimum absolute atomic E-state index is 0.193. The molecule has 0 saturated carbocycles. The first-order valence-corrected chi connectivity index (χ1v) is 20.0. The van der Waals surface area contributed by atoms with Gasteiger partial charge in [0.05, 0.1) is 12.1 Å². The molecule has 2 amide bonds. The molecule has 2 aromatic rings. The molecule has 0 spiro atoms. The van der Waals surface area contributed by atoms with Crippen molar-refractivity contribution in [2.45, 2.75) is 84.5 Å². The summed E-state index contributed by atoms with van der Waals surface area (Å²) in [4.78, 5) is 28.1. The van der Waals surface area contributed by atoms with Gasteiger partial charge in [0.2, 0.25) is 14.2 Å². The fraction of sp³-hybridized carbons (Fsp3) is 0.517. The number of imide groups is 1. The summed E-state index contributed by atoms with van der Waals surface area (Å²) in [5, 5.41) is 0. The minimum Gasteiger partial charge on any atom is -0.544 e. The fourth-order valence-corrected chi connectivity index (χ4v) is 6.50. The lowest BCUT2D eigenvalue weighted by Gasteiger charge is -2.37. The van der Waals surface area contributed by atoms with E-state index in [0.717, 1.165) is 16.9 Å². The first-order chi connectivity index (χ1) is 17.2. The number of ether oxygens (including phenoxy) is 1. The monoisotopic (exact) mass is 541 g/mol. The van der Waals surface area contributed by atoms with Gasteiger partial charge in [-0.3, -0.25) is 4.79 Å². The van der Waals surface area contributed by atoms with Crippen LogP contribution in [0.1, 0.15) is 43.9 Å². The number of cyclic esters (lactones) is 1. The second-order valence-corrected chi connectivity index (χ2v) is 21.1. The van der Waals surface area contributed by atoms with Gasteiger partial charge < -0.3 is 13.6 Å². The number of carbonyl (C=O) groups is 2. The average molecular weight is 542 g/mol. The molecule has 8 heteroatoms. The minimum atomic E-state index is -1.95. The molecule has 1 aliphatic heterocycles. The Morgan fingerprint density at radius 1 is 1.03 bits per heavy atom. The van der Waals surface area contributed by atoms with Crippen molar-refractivity contribution in [3.8, 4) is 5.75 Å². The van der Waals surface area contributed by atoms with Crippen LogP contribution >= 0.6 is 0 Å². The number of rotatable bonds is 11. The van der Waals surface area contributed by atoms with Gasteiger partial charge in [-0.1, -0.05) is 56.3 Å². The third kappa shape index (κ3) is 8.03. The molecule has 0 aliphatic carbocycles. The Kier molecular flexibility index (Phi) is 9.08. The molecule has 0 bridgehead atoms. The van der Waals surface area contributed by atoms with Crippen molar-refractivity contribution in [1.82, 2.24) is 4.90 Å². The maximum atomic E-state index is 14.0. The van der Waals surface area contributed by atoms with Crippen LogP contribution in [-0.4, -0.2) is 46.2 Å². The van der Waals surface area contributed by atoms with E-state index in [4.69, 9.17) is 13.6 Å². The van der Waals surface area contributed by atoms with Gasteiger partial charge in [-0.05, 0) is 81.8 Å². The largest absolute Gasteiger partial charge is 0.544 e. The number of hydrogen-bond donors (Lipinski definition) is 0. The highest BCUT2D eigenvalue weighted by Gasteiger charge is 2.46. The van der Waals surface area contributed by atoms with Crippen LogP contribution in [0.2, 0.25) is 39.3 Å². The van der Waals surface area contributed by atoms with Gasteiger partial charge in [0.25, 0.3) is 0 Å². The normalized spacial score (nSPS) is 18.8. The summed E-state index contributed by atoms with van der Waals surface area (Å²) in [6, 6.07) is 17.7. The molecule has 37 heavy (non-hydrogen) atoms. The highest BCUT2D eigenvalue weighted by atomic mass is 28.4. The van der Waals surface area contributed by atoms with Gasteiger partial charge in [0, 0.05) is 5.41 Å². The van der Waals surface area contributed by atoms with Crippen molar-refractivity contribution < 1.29 is 23.2 Å². The van der Waals surface area contributed by atoms with Gasteiger partial charge >= 0.3 is 6.09 Å². The molecule has 1 aliphatic rings. The lowest BCUT2D eigenvalue weighted by Crippen LogP contribution is -2.48. The van der Waals surface area contributed by atoms with E-state index in [1.165, 1.54) is 4.90 Å². The summed E-state index contributed by atoms with van der Waals surface area (Å²) in [6.07, 6.45) is 0.804. The summed E-state index contributed by atoms with van der Waals surface area (Å²) in [6.45, 7) is 17.1. The van der Waals surface area contributed by atoms with Crippen LogP contribution in [-0.2, 0) is 20.4 Å². The number of amides is 2. The van der Waals surface area contributed by atoms with Gasteiger partial charge in [-0.2, -0.15) is 0 Å². The second kappa shape index (κ2) is 11.5. The summed E-state index contributed by atoms with van der Waals surface area (Å²) in [7, 11) is -3.67. The molecule has 1 fully saturated rings. The topological polar surface area (TPSA) is 65.1 Å².